The molecule has 0 aromatic carbocycles. The average molecular weight is 264 g/mol. The monoisotopic (exact) mass is 264 g/mol. The second kappa shape index (κ2) is 2.75. The summed E-state index contributed by atoms with van der Waals surface area (Å²) in [5, 5.41) is 13.2. The Labute approximate surface area is 78.5 Å². The van der Waals surface area contributed by atoms with Crippen molar-refractivity contribution in [3.05, 3.63) is 16.0 Å². The minimum atomic E-state index is -0.0955. The molecule has 0 aliphatic heterocycles. The summed E-state index contributed by atoms with van der Waals surface area (Å²) in [6, 6.07) is 0.438. The summed E-state index contributed by atoms with van der Waals surface area (Å²) in [6.45, 7) is 0. The highest BCUT2D eigenvalue weighted by Crippen LogP contribution is 2.31. The standard InChI is InChI=1S/C7H9IN2O/c8-5-3-9-10(4-5)6-1-7(11)2-6/h3-4,6-7,11H,1-2H2/t6-,7+. The first-order valence-electron chi connectivity index (χ1n) is 3.63. The molecule has 1 fully saturated rings. The van der Waals surface area contributed by atoms with E-state index in [0.29, 0.717) is 6.04 Å². The molecule has 1 aromatic rings. The van der Waals surface area contributed by atoms with Gasteiger partial charge in [-0.05, 0) is 35.4 Å². The van der Waals surface area contributed by atoms with E-state index in [2.05, 4.69) is 27.7 Å². The smallest absolute Gasteiger partial charge is 0.0623 e. The molecule has 1 saturated carbocycles. The van der Waals surface area contributed by atoms with Crippen molar-refractivity contribution in [3.8, 4) is 0 Å². The molecule has 2 rings (SSSR count). The molecule has 1 heterocycles. The van der Waals surface area contributed by atoms with Crippen molar-refractivity contribution in [1.29, 1.82) is 0 Å². The third-order valence-corrected chi connectivity index (χ3v) is 2.59. The lowest BCUT2D eigenvalue weighted by Gasteiger charge is -2.31. The van der Waals surface area contributed by atoms with Gasteiger partial charge in [0.1, 0.15) is 0 Å². The molecule has 1 aliphatic carbocycles. The fourth-order valence-electron chi connectivity index (χ4n) is 1.29. The number of aromatic nitrogens is 2. The lowest BCUT2D eigenvalue weighted by molar-refractivity contribution is 0.0434. The third-order valence-electron chi connectivity index (χ3n) is 2.03. The zero-order valence-electron chi connectivity index (χ0n) is 5.94. The zero-order valence-corrected chi connectivity index (χ0v) is 8.10. The number of nitrogens with zero attached hydrogens (tertiary/aromatic N) is 2. The number of rotatable bonds is 1. The molecule has 0 radical (unpaired) electrons. The quantitative estimate of drug-likeness (QED) is 0.773. The SMILES string of the molecule is O[C@H]1C[C@@H](n2cc(I)cn2)C1. The van der Waals surface area contributed by atoms with E-state index in [9.17, 15) is 0 Å². The molecule has 1 aliphatic rings. The van der Waals surface area contributed by atoms with Gasteiger partial charge in [-0.2, -0.15) is 5.10 Å². The Bertz CT molecular complexity index is 255. The molecule has 4 heteroatoms. The number of hydrogen-bond donors (Lipinski definition) is 1. The zero-order chi connectivity index (χ0) is 7.84. The lowest BCUT2D eigenvalue weighted by atomic mass is 9.90. The molecule has 0 atom stereocenters. The minimum absolute atomic E-state index is 0.0955. The van der Waals surface area contributed by atoms with Crippen LogP contribution in [0.1, 0.15) is 18.9 Å². The van der Waals surface area contributed by atoms with Gasteiger partial charge in [0.15, 0.2) is 0 Å². The Morgan fingerprint density at radius 2 is 2.36 bits per heavy atom. The van der Waals surface area contributed by atoms with Gasteiger partial charge in [0.05, 0.1) is 21.9 Å². The van der Waals surface area contributed by atoms with Crippen molar-refractivity contribution >= 4 is 22.6 Å². The van der Waals surface area contributed by atoms with Crippen LogP contribution in [0.3, 0.4) is 0 Å². The topological polar surface area (TPSA) is 38.0 Å². The van der Waals surface area contributed by atoms with Gasteiger partial charge in [0, 0.05) is 6.20 Å². The fourth-order valence-corrected chi connectivity index (χ4v) is 1.70. The largest absolute Gasteiger partial charge is 0.393 e. The molecule has 1 aromatic heterocycles. The predicted octanol–water partition coefficient (Wildman–Crippen LogP) is 1.18. The number of halogens is 1. The molecular weight excluding hydrogens is 255 g/mol. The number of hydrogen-bond acceptors (Lipinski definition) is 2. The second-order valence-electron chi connectivity index (χ2n) is 2.92. The van der Waals surface area contributed by atoms with E-state index in [1.807, 2.05) is 17.1 Å². The van der Waals surface area contributed by atoms with Crippen molar-refractivity contribution in [3.63, 3.8) is 0 Å². The first-order valence-corrected chi connectivity index (χ1v) is 4.71. The van der Waals surface area contributed by atoms with Crippen molar-refractivity contribution < 1.29 is 5.11 Å². The van der Waals surface area contributed by atoms with Crippen LogP contribution in [0.4, 0.5) is 0 Å². The van der Waals surface area contributed by atoms with Crippen molar-refractivity contribution in [2.45, 2.75) is 25.0 Å². The van der Waals surface area contributed by atoms with Gasteiger partial charge >= 0.3 is 0 Å². The molecule has 0 unspecified atom stereocenters. The van der Waals surface area contributed by atoms with Crippen LogP contribution >= 0.6 is 22.6 Å². The molecule has 3 nitrogen and oxygen atoms in total. The Morgan fingerprint density at radius 1 is 1.64 bits per heavy atom. The summed E-state index contributed by atoms with van der Waals surface area (Å²) >= 11 is 2.23. The Balaban J connectivity index is 2.07. The van der Waals surface area contributed by atoms with E-state index >= 15 is 0 Å². The summed E-state index contributed by atoms with van der Waals surface area (Å²) in [7, 11) is 0. The van der Waals surface area contributed by atoms with Gasteiger partial charge in [0.2, 0.25) is 0 Å². The molecule has 0 saturated heterocycles. The van der Waals surface area contributed by atoms with Crippen LogP contribution in [0.15, 0.2) is 12.4 Å². The van der Waals surface area contributed by atoms with E-state index in [1.165, 1.54) is 0 Å². The van der Waals surface area contributed by atoms with Crippen LogP contribution in [-0.2, 0) is 0 Å². The first-order chi connectivity index (χ1) is 5.25. The number of aliphatic hydroxyl groups is 1. The van der Waals surface area contributed by atoms with Crippen LogP contribution < -0.4 is 0 Å². The van der Waals surface area contributed by atoms with Gasteiger partial charge in [-0.15, -0.1) is 0 Å². The van der Waals surface area contributed by atoms with Crippen LogP contribution in [0, 0.1) is 3.57 Å². The van der Waals surface area contributed by atoms with Crippen LogP contribution in [0.25, 0.3) is 0 Å². The Kier molecular flexibility index (Phi) is 1.88. The summed E-state index contributed by atoms with van der Waals surface area (Å²) in [5.74, 6) is 0. The average Bonchev–Trinajstić information content (AvgIpc) is 2.29. The molecule has 1 N–H and O–H groups in total. The number of aliphatic hydroxyl groups excluding tert-OH is 1. The van der Waals surface area contributed by atoms with E-state index in [0.717, 1.165) is 16.4 Å². The molecule has 0 amide bonds. The predicted molar refractivity (Wildman–Crippen MR) is 49.2 cm³/mol. The first kappa shape index (κ1) is 7.54. The lowest BCUT2D eigenvalue weighted by Crippen LogP contribution is -2.30. The van der Waals surface area contributed by atoms with Gasteiger partial charge in [-0.25, -0.2) is 0 Å². The highest BCUT2D eigenvalue weighted by atomic mass is 127. The van der Waals surface area contributed by atoms with Crippen molar-refractivity contribution in [1.82, 2.24) is 9.78 Å². The van der Waals surface area contributed by atoms with Gasteiger partial charge in [-0.1, -0.05) is 0 Å². The van der Waals surface area contributed by atoms with Crippen LogP contribution in [0.2, 0.25) is 0 Å². The van der Waals surface area contributed by atoms with E-state index in [4.69, 9.17) is 5.11 Å². The van der Waals surface area contributed by atoms with Gasteiger partial charge in [0.25, 0.3) is 0 Å². The van der Waals surface area contributed by atoms with E-state index < -0.39 is 0 Å². The maximum Gasteiger partial charge on any atom is 0.0623 e. The fraction of sp³-hybridized carbons (Fsp3) is 0.571. The summed E-state index contributed by atoms with van der Waals surface area (Å²) < 4.78 is 3.10. The van der Waals surface area contributed by atoms with Crippen LogP contribution in [-0.4, -0.2) is 21.0 Å². The molecule has 60 valence electrons. The summed E-state index contributed by atoms with van der Waals surface area (Å²) in [5.41, 5.74) is 0. The molecule has 0 bridgehead atoms. The Hall–Kier alpha value is -0.100. The molecule has 11 heavy (non-hydrogen) atoms. The minimum Gasteiger partial charge on any atom is -0.393 e. The van der Waals surface area contributed by atoms with Crippen LogP contribution in [0.5, 0.6) is 0 Å². The maximum absolute atomic E-state index is 9.04. The summed E-state index contributed by atoms with van der Waals surface area (Å²) in [4.78, 5) is 0. The highest BCUT2D eigenvalue weighted by Gasteiger charge is 2.28. The maximum atomic E-state index is 9.04. The third kappa shape index (κ3) is 1.41. The van der Waals surface area contributed by atoms with Gasteiger partial charge < -0.3 is 5.11 Å². The Morgan fingerprint density at radius 3 is 2.82 bits per heavy atom. The van der Waals surface area contributed by atoms with Crippen molar-refractivity contribution in [2.75, 3.05) is 0 Å². The molecular formula is C7H9IN2O. The summed E-state index contributed by atoms with van der Waals surface area (Å²) in [6.07, 6.45) is 5.47. The van der Waals surface area contributed by atoms with E-state index in [1.54, 1.807) is 0 Å². The highest BCUT2D eigenvalue weighted by molar-refractivity contribution is 14.1. The van der Waals surface area contributed by atoms with Gasteiger partial charge in [-0.3, -0.25) is 4.68 Å². The second-order valence-corrected chi connectivity index (χ2v) is 4.16. The normalized spacial score (nSPS) is 30.0. The van der Waals surface area contributed by atoms with Crippen molar-refractivity contribution in [2.24, 2.45) is 0 Å². The van der Waals surface area contributed by atoms with E-state index in [-0.39, 0.29) is 6.10 Å². The molecule has 0 spiro atoms.